The van der Waals surface area contributed by atoms with Gasteiger partial charge in [0.15, 0.2) is 0 Å². The van der Waals surface area contributed by atoms with Gasteiger partial charge in [-0.1, -0.05) is 59.6 Å². The number of aryl methyl sites for hydroxylation is 1. The lowest BCUT2D eigenvalue weighted by Gasteiger charge is -2.32. The van der Waals surface area contributed by atoms with E-state index in [1.807, 2.05) is 0 Å². The fraction of sp³-hybridized carbons (Fsp3) is 0.200. The molecule has 20 heavy (non-hydrogen) atoms. The van der Waals surface area contributed by atoms with Gasteiger partial charge in [0.1, 0.15) is 0 Å². The van der Waals surface area contributed by atoms with E-state index >= 15 is 0 Å². The van der Waals surface area contributed by atoms with Crippen LogP contribution in [0.15, 0.2) is 48.5 Å². The third-order valence-corrected chi connectivity index (χ3v) is 3.47. The average molecular weight is 301 g/mol. The largest absolute Gasteiger partial charge is 0.425 e. The number of hydrogen-bond acceptors (Lipinski definition) is 1. The van der Waals surface area contributed by atoms with Crippen LogP contribution in [0.4, 0.5) is 13.2 Å². The maximum absolute atomic E-state index is 13.4. The van der Waals surface area contributed by atoms with Crippen LogP contribution in [0.3, 0.4) is 0 Å². The number of rotatable bonds is 2. The molecule has 0 amide bonds. The van der Waals surface area contributed by atoms with Gasteiger partial charge in [-0.3, -0.25) is 0 Å². The predicted octanol–water partition coefficient (Wildman–Crippen LogP) is 4.45. The first-order chi connectivity index (χ1) is 9.26. The van der Waals surface area contributed by atoms with Gasteiger partial charge < -0.3 is 5.11 Å². The molecule has 2 aromatic carbocycles. The molecule has 1 unspecified atom stereocenters. The lowest BCUT2D eigenvalue weighted by atomic mass is 9.85. The Balaban J connectivity index is 2.70. The van der Waals surface area contributed by atoms with E-state index in [2.05, 4.69) is 0 Å². The third-order valence-electron chi connectivity index (χ3n) is 3.14. The summed E-state index contributed by atoms with van der Waals surface area (Å²) in [5.41, 5.74) is -2.96. The summed E-state index contributed by atoms with van der Waals surface area (Å²) in [6, 6.07) is 11.0. The Bertz CT molecular complexity index is 607. The molecule has 0 fully saturated rings. The topological polar surface area (TPSA) is 20.2 Å². The van der Waals surface area contributed by atoms with Crippen molar-refractivity contribution in [3.05, 3.63) is 70.2 Å². The molecule has 106 valence electrons. The van der Waals surface area contributed by atoms with Crippen LogP contribution < -0.4 is 0 Å². The lowest BCUT2D eigenvalue weighted by molar-refractivity contribution is -0.248. The number of aliphatic hydroxyl groups is 1. The van der Waals surface area contributed by atoms with Crippen molar-refractivity contribution < 1.29 is 18.3 Å². The van der Waals surface area contributed by atoms with Crippen molar-refractivity contribution in [3.8, 4) is 0 Å². The second-order valence-corrected chi connectivity index (χ2v) is 4.96. The molecule has 2 aromatic rings. The van der Waals surface area contributed by atoms with Crippen LogP contribution in [0.5, 0.6) is 0 Å². The van der Waals surface area contributed by atoms with Gasteiger partial charge in [-0.25, -0.2) is 0 Å². The average Bonchev–Trinajstić information content (AvgIpc) is 2.38. The molecule has 1 nitrogen and oxygen atoms in total. The molecular weight excluding hydrogens is 289 g/mol. The number of halogens is 4. The molecule has 2 rings (SSSR count). The van der Waals surface area contributed by atoms with Gasteiger partial charge in [0, 0.05) is 10.6 Å². The van der Waals surface area contributed by atoms with Crippen LogP contribution >= 0.6 is 11.6 Å². The van der Waals surface area contributed by atoms with Crippen molar-refractivity contribution in [2.75, 3.05) is 0 Å². The van der Waals surface area contributed by atoms with Crippen LogP contribution in [0.25, 0.3) is 0 Å². The molecular formula is C15H12ClF3O. The Kier molecular flexibility index (Phi) is 3.80. The zero-order valence-corrected chi connectivity index (χ0v) is 11.3. The summed E-state index contributed by atoms with van der Waals surface area (Å²) in [6.45, 7) is 1.76. The van der Waals surface area contributed by atoms with Crippen molar-refractivity contribution >= 4 is 11.6 Å². The molecule has 0 radical (unpaired) electrons. The van der Waals surface area contributed by atoms with Crippen molar-refractivity contribution in [2.45, 2.75) is 18.7 Å². The van der Waals surface area contributed by atoms with Gasteiger partial charge in [-0.15, -0.1) is 0 Å². The summed E-state index contributed by atoms with van der Waals surface area (Å²) in [7, 11) is 0. The summed E-state index contributed by atoms with van der Waals surface area (Å²) in [4.78, 5) is 0. The summed E-state index contributed by atoms with van der Waals surface area (Å²) < 4.78 is 40.3. The highest BCUT2D eigenvalue weighted by molar-refractivity contribution is 6.31. The van der Waals surface area contributed by atoms with Crippen molar-refractivity contribution in [2.24, 2.45) is 0 Å². The van der Waals surface area contributed by atoms with E-state index in [1.165, 1.54) is 48.5 Å². The van der Waals surface area contributed by atoms with E-state index in [-0.39, 0.29) is 16.1 Å². The highest BCUT2D eigenvalue weighted by Crippen LogP contribution is 2.46. The third kappa shape index (κ3) is 2.41. The van der Waals surface area contributed by atoms with Crippen molar-refractivity contribution in [1.29, 1.82) is 0 Å². The van der Waals surface area contributed by atoms with Crippen LogP contribution in [0.1, 0.15) is 16.7 Å². The van der Waals surface area contributed by atoms with Crippen LogP contribution in [-0.4, -0.2) is 11.3 Å². The number of benzene rings is 2. The SMILES string of the molecule is Cc1ccc(C(O)(c2ccccc2Cl)C(F)(F)F)cc1. The van der Waals surface area contributed by atoms with Gasteiger partial charge in [-0.2, -0.15) is 13.2 Å². The molecule has 0 bridgehead atoms. The van der Waals surface area contributed by atoms with Crippen LogP contribution in [-0.2, 0) is 5.60 Å². The quantitative estimate of drug-likeness (QED) is 0.869. The fourth-order valence-electron chi connectivity index (χ4n) is 2.02. The maximum Gasteiger partial charge on any atom is 0.425 e. The molecule has 0 aliphatic carbocycles. The Morgan fingerprint density at radius 2 is 1.50 bits per heavy atom. The number of alkyl halides is 3. The second kappa shape index (κ2) is 5.11. The minimum atomic E-state index is -4.88. The molecule has 0 spiro atoms. The van der Waals surface area contributed by atoms with E-state index in [9.17, 15) is 18.3 Å². The normalized spacial score (nSPS) is 14.9. The van der Waals surface area contributed by atoms with Crippen molar-refractivity contribution in [1.82, 2.24) is 0 Å². The maximum atomic E-state index is 13.4. The van der Waals surface area contributed by atoms with Gasteiger partial charge in [0.05, 0.1) is 0 Å². The van der Waals surface area contributed by atoms with Crippen molar-refractivity contribution in [3.63, 3.8) is 0 Å². The molecule has 0 aromatic heterocycles. The monoisotopic (exact) mass is 300 g/mol. The van der Waals surface area contributed by atoms with Crippen LogP contribution in [0, 0.1) is 6.92 Å². The summed E-state index contributed by atoms with van der Waals surface area (Å²) in [5, 5.41) is 10.2. The van der Waals surface area contributed by atoms with E-state index in [4.69, 9.17) is 11.6 Å². The van der Waals surface area contributed by atoms with Gasteiger partial charge >= 0.3 is 6.18 Å². The Labute approximate surface area is 119 Å². The summed E-state index contributed by atoms with van der Waals surface area (Å²) in [6.07, 6.45) is -4.88. The van der Waals surface area contributed by atoms with E-state index in [0.29, 0.717) is 0 Å². The highest BCUT2D eigenvalue weighted by atomic mass is 35.5. The van der Waals surface area contributed by atoms with E-state index < -0.39 is 11.8 Å². The minimum absolute atomic E-state index is 0.132. The summed E-state index contributed by atoms with van der Waals surface area (Å²) >= 11 is 5.84. The first kappa shape index (κ1) is 14.9. The number of hydrogen-bond donors (Lipinski definition) is 1. The first-order valence-electron chi connectivity index (χ1n) is 5.88. The Morgan fingerprint density at radius 3 is 2.00 bits per heavy atom. The molecule has 1 atom stereocenters. The molecule has 1 N–H and O–H groups in total. The molecule has 0 aliphatic heterocycles. The highest BCUT2D eigenvalue weighted by Gasteiger charge is 2.57. The predicted molar refractivity (Wildman–Crippen MR) is 71.7 cm³/mol. The zero-order valence-electron chi connectivity index (χ0n) is 10.6. The molecule has 0 aliphatic rings. The molecule has 0 saturated heterocycles. The zero-order chi connectivity index (χ0) is 15.0. The minimum Gasteiger partial charge on any atom is -0.372 e. The smallest absolute Gasteiger partial charge is 0.372 e. The van der Waals surface area contributed by atoms with E-state index in [1.54, 1.807) is 6.92 Å². The lowest BCUT2D eigenvalue weighted by Crippen LogP contribution is -2.43. The van der Waals surface area contributed by atoms with Gasteiger partial charge in [0.2, 0.25) is 5.60 Å². The van der Waals surface area contributed by atoms with Gasteiger partial charge in [0.25, 0.3) is 0 Å². The molecule has 0 saturated carbocycles. The Morgan fingerprint density at radius 1 is 0.950 bits per heavy atom. The Hall–Kier alpha value is -1.52. The van der Waals surface area contributed by atoms with Crippen LogP contribution in [0.2, 0.25) is 5.02 Å². The second-order valence-electron chi connectivity index (χ2n) is 4.55. The van der Waals surface area contributed by atoms with Gasteiger partial charge in [-0.05, 0) is 18.6 Å². The molecule has 5 heteroatoms. The van der Waals surface area contributed by atoms with E-state index in [0.717, 1.165) is 5.56 Å². The molecule has 0 heterocycles. The first-order valence-corrected chi connectivity index (χ1v) is 6.26. The fourth-order valence-corrected chi connectivity index (χ4v) is 2.29. The standard InChI is InChI=1S/C15H12ClF3O/c1-10-6-8-11(9-7-10)14(20,15(17,18)19)12-4-2-3-5-13(12)16/h2-9,20H,1H3. The summed E-state index contributed by atoms with van der Waals surface area (Å²) in [5.74, 6) is 0.